The van der Waals surface area contributed by atoms with E-state index in [-0.39, 0.29) is 5.78 Å². The molecule has 1 atom stereocenters. The largest absolute Gasteiger partial charge is 0.496 e. The van der Waals surface area contributed by atoms with Gasteiger partial charge in [-0.15, -0.1) is 0 Å². The van der Waals surface area contributed by atoms with Gasteiger partial charge in [-0.05, 0) is 36.6 Å². The number of carbonyl (C=O) groups excluding carboxylic acids is 1. The zero-order valence-electron chi connectivity index (χ0n) is 12.4. The average Bonchev–Trinajstić information content (AvgIpc) is 2.50. The van der Waals surface area contributed by atoms with Crippen molar-refractivity contribution in [2.75, 3.05) is 7.11 Å². The van der Waals surface area contributed by atoms with E-state index < -0.39 is 5.92 Å². The van der Waals surface area contributed by atoms with Crippen LogP contribution in [-0.2, 0) is 0 Å². The molecule has 0 aliphatic heterocycles. The fourth-order valence-electron chi connectivity index (χ4n) is 2.32. The van der Waals surface area contributed by atoms with Crippen LogP contribution in [0.3, 0.4) is 0 Å². The Bertz CT molecular complexity index is 713. The summed E-state index contributed by atoms with van der Waals surface area (Å²) in [6.07, 6.45) is 0. The lowest BCUT2D eigenvalue weighted by atomic mass is 9.89. The summed E-state index contributed by atoms with van der Waals surface area (Å²) in [5, 5.41) is 9.41. The summed E-state index contributed by atoms with van der Waals surface area (Å²) >= 11 is 0. The Morgan fingerprint density at radius 2 is 1.86 bits per heavy atom. The van der Waals surface area contributed by atoms with Crippen LogP contribution in [0.1, 0.15) is 33.0 Å². The molecule has 1 unspecified atom stereocenters. The van der Waals surface area contributed by atoms with Crippen LogP contribution in [0.4, 0.5) is 0 Å². The fraction of sp³-hybridized carbons (Fsp3) is 0.222. The highest BCUT2D eigenvalue weighted by molar-refractivity contribution is 6.03. The van der Waals surface area contributed by atoms with Gasteiger partial charge >= 0.3 is 0 Å². The van der Waals surface area contributed by atoms with E-state index in [0.29, 0.717) is 11.3 Å². The third kappa shape index (κ3) is 2.95. The molecule has 0 aliphatic rings. The Morgan fingerprint density at radius 1 is 1.14 bits per heavy atom. The first-order valence-corrected chi connectivity index (χ1v) is 6.72. The highest BCUT2D eigenvalue weighted by Crippen LogP contribution is 2.26. The maximum absolute atomic E-state index is 12.6. The Balaban J connectivity index is 2.43. The van der Waals surface area contributed by atoms with E-state index in [0.717, 1.165) is 16.7 Å². The molecule has 0 radical (unpaired) electrons. The number of Topliss-reactive ketones (excluding diaryl/α,β-unsaturated/α-hetero) is 1. The zero-order chi connectivity index (χ0) is 15.4. The van der Waals surface area contributed by atoms with Crippen molar-refractivity contribution in [1.82, 2.24) is 0 Å². The Hall–Kier alpha value is -2.60. The van der Waals surface area contributed by atoms with Gasteiger partial charge in [-0.2, -0.15) is 5.26 Å². The minimum absolute atomic E-state index is 0.204. The molecular formula is C18H17NO2. The van der Waals surface area contributed by atoms with Crippen molar-refractivity contribution < 1.29 is 9.53 Å². The average molecular weight is 279 g/mol. The number of methoxy groups -OCH3 is 1. The molecule has 0 bridgehead atoms. The van der Waals surface area contributed by atoms with Gasteiger partial charge in [0.15, 0.2) is 5.78 Å². The number of aryl methyl sites for hydroxylation is 2. The van der Waals surface area contributed by atoms with Crippen molar-refractivity contribution in [1.29, 1.82) is 5.26 Å². The van der Waals surface area contributed by atoms with Crippen molar-refractivity contribution >= 4 is 5.78 Å². The Kier molecular flexibility index (Phi) is 4.39. The van der Waals surface area contributed by atoms with E-state index >= 15 is 0 Å². The number of nitriles is 1. The van der Waals surface area contributed by atoms with Crippen molar-refractivity contribution in [2.24, 2.45) is 0 Å². The topological polar surface area (TPSA) is 50.1 Å². The minimum atomic E-state index is -0.793. The normalized spacial score (nSPS) is 11.5. The van der Waals surface area contributed by atoms with Crippen LogP contribution in [0, 0.1) is 25.2 Å². The second kappa shape index (κ2) is 6.23. The molecule has 0 spiro atoms. The minimum Gasteiger partial charge on any atom is -0.496 e. The van der Waals surface area contributed by atoms with Gasteiger partial charge in [0.1, 0.15) is 11.7 Å². The van der Waals surface area contributed by atoms with Crippen molar-refractivity contribution in [3.05, 3.63) is 64.7 Å². The Morgan fingerprint density at radius 3 is 2.48 bits per heavy atom. The third-order valence-electron chi connectivity index (χ3n) is 3.58. The molecule has 106 valence electrons. The van der Waals surface area contributed by atoms with E-state index in [9.17, 15) is 10.1 Å². The molecule has 0 N–H and O–H groups in total. The van der Waals surface area contributed by atoms with Crippen LogP contribution in [0.15, 0.2) is 42.5 Å². The van der Waals surface area contributed by atoms with Gasteiger partial charge in [0.05, 0.1) is 13.2 Å². The maximum atomic E-state index is 12.6. The lowest BCUT2D eigenvalue weighted by Gasteiger charge is -2.13. The molecule has 0 saturated carbocycles. The number of rotatable bonds is 4. The first kappa shape index (κ1) is 14.8. The van der Waals surface area contributed by atoms with E-state index in [4.69, 9.17) is 4.74 Å². The summed E-state index contributed by atoms with van der Waals surface area (Å²) in [6, 6.07) is 14.9. The number of nitrogens with zero attached hydrogens (tertiary/aromatic N) is 1. The van der Waals surface area contributed by atoms with E-state index in [1.807, 2.05) is 44.2 Å². The second-order valence-corrected chi connectivity index (χ2v) is 4.97. The van der Waals surface area contributed by atoms with Crippen LogP contribution >= 0.6 is 0 Å². The molecule has 2 rings (SSSR count). The predicted molar refractivity (Wildman–Crippen MR) is 81.6 cm³/mol. The van der Waals surface area contributed by atoms with Crippen LogP contribution in [0.2, 0.25) is 0 Å². The number of ketones is 1. The van der Waals surface area contributed by atoms with Gasteiger partial charge in [0.2, 0.25) is 0 Å². The van der Waals surface area contributed by atoms with E-state index in [2.05, 4.69) is 6.07 Å². The SMILES string of the molecule is COc1cc(C(=O)C(C#N)c2ccccc2C)ccc1C. The summed E-state index contributed by atoms with van der Waals surface area (Å²) in [4.78, 5) is 12.6. The molecule has 0 aromatic heterocycles. The second-order valence-electron chi connectivity index (χ2n) is 4.97. The van der Waals surface area contributed by atoms with Crippen molar-refractivity contribution in [3.63, 3.8) is 0 Å². The summed E-state index contributed by atoms with van der Waals surface area (Å²) in [5.74, 6) is -0.342. The molecule has 0 saturated heterocycles. The maximum Gasteiger partial charge on any atom is 0.184 e. The molecule has 2 aromatic rings. The first-order valence-electron chi connectivity index (χ1n) is 6.72. The molecule has 0 heterocycles. The molecule has 0 aliphatic carbocycles. The molecular weight excluding hydrogens is 262 g/mol. The molecule has 0 fully saturated rings. The van der Waals surface area contributed by atoms with Gasteiger partial charge in [-0.25, -0.2) is 0 Å². The highest BCUT2D eigenvalue weighted by atomic mass is 16.5. The molecule has 3 nitrogen and oxygen atoms in total. The predicted octanol–water partition coefficient (Wildman–Crippen LogP) is 3.80. The molecule has 21 heavy (non-hydrogen) atoms. The van der Waals surface area contributed by atoms with E-state index in [1.54, 1.807) is 19.2 Å². The van der Waals surface area contributed by atoms with Gasteiger partial charge in [-0.1, -0.05) is 36.4 Å². The Labute approximate surface area is 124 Å². The third-order valence-corrected chi connectivity index (χ3v) is 3.58. The lowest BCUT2D eigenvalue weighted by Crippen LogP contribution is -2.12. The standard InChI is InChI=1S/C18H17NO2/c1-12-6-4-5-7-15(12)16(11-19)18(20)14-9-8-13(2)17(10-14)21-3/h4-10,16H,1-3H3. The summed E-state index contributed by atoms with van der Waals surface area (Å²) in [7, 11) is 1.57. The zero-order valence-corrected chi connectivity index (χ0v) is 12.4. The number of benzene rings is 2. The van der Waals surface area contributed by atoms with Gasteiger partial charge < -0.3 is 4.74 Å². The molecule has 3 heteroatoms. The van der Waals surface area contributed by atoms with Crippen molar-refractivity contribution in [3.8, 4) is 11.8 Å². The van der Waals surface area contributed by atoms with Crippen LogP contribution in [-0.4, -0.2) is 12.9 Å². The smallest absolute Gasteiger partial charge is 0.184 e. The monoisotopic (exact) mass is 279 g/mol. The number of hydrogen-bond donors (Lipinski definition) is 0. The van der Waals surface area contributed by atoms with Crippen LogP contribution < -0.4 is 4.74 Å². The number of hydrogen-bond acceptors (Lipinski definition) is 3. The molecule has 2 aromatic carbocycles. The highest BCUT2D eigenvalue weighted by Gasteiger charge is 2.23. The first-order chi connectivity index (χ1) is 10.1. The fourth-order valence-corrected chi connectivity index (χ4v) is 2.32. The lowest BCUT2D eigenvalue weighted by molar-refractivity contribution is 0.0978. The molecule has 0 amide bonds. The van der Waals surface area contributed by atoms with Crippen LogP contribution in [0.5, 0.6) is 5.75 Å². The van der Waals surface area contributed by atoms with Gasteiger partial charge in [0.25, 0.3) is 0 Å². The van der Waals surface area contributed by atoms with Crippen LogP contribution in [0.25, 0.3) is 0 Å². The van der Waals surface area contributed by atoms with Crippen molar-refractivity contribution in [2.45, 2.75) is 19.8 Å². The number of ether oxygens (including phenoxy) is 1. The summed E-state index contributed by atoms with van der Waals surface area (Å²) in [6.45, 7) is 3.82. The van der Waals surface area contributed by atoms with Gasteiger partial charge in [0, 0.05) is 5.56 Å². The summed E-state index contributed by atoms with van der Waals surface area (Å²) < 4.78 is 5.24. The van der Waals surface area contributed by atoms with Gasteiger partial charge in [-0.3, -0.25) is 4.79 Å². The summed E-state index contributed by atoms with van der Waals surface area (Å²) in [5.41, 5.74) is 3.15. The number of carbonyl (C=O) groups is 1. The van der Waals surface area contributed by atoms with E-state index in [1.165, 1.54) is 0 Å². The quantitative estimate of drug-likeness (QED) is 0.800.